The number of nitrogens with one attached hydrogen (secondary N) is 1. The summed E-state index contributed by atoms with van der Waals surface area (Å²) in [6.07, 6.45) is 0.331. The number of hydrogen-bond acceptors (Lipinski definition) is 2. The standard InChI is InChI=1S/C12H18N2O2/c1-7-8(2)13-9(3)11(7)12(16)14-5-4-10(15)6-14/h10,13,15H,4-6H2,1-3H3/t10-/m1/s1. The van der Waals surface area contributed by atoms with Gasteiger partial charge in [0.25, 0.3) is 5.91 Å². The molecule has 1 aliphatic rings. The Morgan fingerprint density at radius 2 is 2.06 bits per heavy atom. The van der Waals surface area contributed by atoms with E-state index in [4.69, 9.17) is 0 Å². The van der Waals surface area contributed by atoms with Crippen molar-refractivity contribution in [1.29, 1.82) is 0 Å². The van der Waals surface area contributed by atoms with Crippen molar-refractivity contribution in [3.05, 3.63) is 22.5 Å². The van der Waals surface area contributed by atoms with Crippen LogP contribution in [0.4, 0.5) is 0 Å². The number of hydrogen-bond donors (Lipinski definition) is 2. The van der Waals surface area contributed by atoms with Crippen molar-refractivity contribution in [3.63, 3.8) is 0 Å². The third-order valence-corrected chi connectivity index (χ3v) is 3.35. The van der Waals surface area contributed by atoms with Gasteiger partial charge in [-0.2, -0.15) is 0 Å². The van der Waals surface area contributed by atoms with Crippen LogP contribution >= 0.6 is 0 Å². The number of likely N-dealkylation sites (tertiary alicyclic amines) is 1. The first-order valence-corrected chi connectivity index (χ1v) is 5.63. The van der Waals surface area contributed by atoms with Crippen LogP contribution in [-0.2, 0) is 0 Å². The van der Waals surface area contributed by atoms with E-state index in [-0.39, 0.29) is 12.0 Å². The van der Waals surface area contributed by atoms with Gasteiger partial charge in [-0.25, -0.2) is 0 Å². The van der Waals surface area contributed by atoms with Crippen LogP contribution < -0.4 is 0 Å². The van der Waals surface area contributed by atoms with Crippen molar-refractivity contribution in [1.82, 2.24) is 9.88 Å². The Kier molecular flexibility index (Phi) is 2.76. The lowest BCUT2D eigenvalue weighted by molar-refractivity contribution is 0.0763. The summed E-state index contributed by atoms with van der Waals surface area (Å²) in [6, 6.07) is 0. The Balaban J connectivity index is 2.27. The largest absolute Gasteiger partial charge is 0.391 e. The summed E-state index contributed by atoms with van der Waals surface area (Å²) in [5, 5.41) is 9.44. The highest BCUT2D eigenvalue weighted by molar-refractivity contribution is 5.97. The van der Waals surface area contributed by atoms with E-state index < -0.39 is 0 Å². The topological polar surface area (TPSA) is 56.3 Å². The van der Waals surface area contributed by atoms with Gasteiger partial charge in [-0.15, -0.1) is 0 Å². The number of β-amino-alcohol motifs (C(OH)–C–C–N with tert-alkyl or cyclic N) is 1. The average molecular weight is 222 g/mol. The number of nitrogens with zero attached hydrogens (tertiary/aromatic N) is 1. The molecule has 1 fully saturated rings. The maximum absolute atomic E-state index is 12.2. The smallest absolute Gasteiger partial charge is 0.256 e. The molecule has 1 aromatic rings. The van der Waals surface area contributed by atoms with Crippen LogP contribution in [0.1, 0.15) is 33.7 Å². The molecular weight excluding hydrogens is 204 g/mol. The minimum atomic E-state index is -0.357. The van der Waals surface area contributed by atoms with Crippen molar-refractivity contribution >= 4 is 5.91 Å². The minimum Gasteiger partial charge on any atom is -0.391 e. The number of carbonyl (C=O) groups is 1. The van der Waals surface area contributed by atoms with Crippen molar-refractivity contribution in [2.45, 2.75) is 33.3 Å². The highest BCUT2D eigenvalue weighted by atomic mass is 16.3. The normalized spacial score (nSPS) is 20.5. The van der Waals surface area contributed by atoms with Gasteiger partial charge in [0.15, 0.2) is 0 Å². The second-order valence-corrected chi connectivity index (χ2v) is 4.57. The van der Waals surface area contributed by atoms with Gasteiger partial charge in [0.1, 0.15) is 0 Å². The van der Waals surface area contributed by atoms with Gasteiger partial charge in [0.05, 0.1) is 11.7 Å². The van der Waals surface area contributed by atoms with E-state index in [1.165, 1.54) is 0 Å². The Hall–Kier alpha value is -1.29. The fourth-order valence-corrected chi connectivity index (χ4v) is 2.31. The quantitative estimate of drug-likeness (QED) is 0.748. The van der Waals surface area contributed by atoms with Gasteiger partial charge in [-0.1, -0.05) is 0 Å². The summed E-state index contributed by atoms with van der Waals surface area (Å²) in [4.78, 5) is 17.2. The van der Waals surface area contributed by atoms with E-state index in [9.17, 15) is 9.90 Å². The zero-order valence-corrected chi connectivity index (χ0v) is 10.0. The maximum Gasteiger partial charge on any atom is 0.256 e. The molecule has 1 saturated heterocycles. The van der Waals surface area contributed by atoms with Gasteiger partial charge < -0.3 is 15.0 Å². The molecule has 88 valence electrons. The molecule has 2 heterocycles. The third-order valence-electron chi connectivity index (χ3n) is 3.35. The molecule has 0 aromatic carbocycles. The van der Waals surface area contributed by atoms with Gasteiger partial charge in [0, 0.05) is 24.5 Å². The first kappa shape index (κ1) is 11.2. The molecule has 4 nitrogen and oxygen atoms in total. The molecule has 16 heavy (non-hydrogen) atoms. The number of H-pyrrole nitrogens is 1. The Bertz CT molecular complexity index is 423. The molecule has 2 rings (SSSR count). The first-order chi connectivity index (χ1) is 7.50. The SMILES string of the molecule is Cc1[nH]c(C)c(C(=O)N2CC[C@@H](O)C2)c1C. The summed E-state index contributed by atoms with van der Waals surface area (Å²) in [6.45, 7) is 6.96. The van der Waals surface area contributed by atoms with Crippen molar-refractivity contribution < 1.29 is 9.90 Å². The van der Waals surface area contributed by atoms with Crippen molar-refractivity contribution in [2.24, 2.45) is 0 Å². The van der Waals surface area contributed by atoms with Gasteiger partial charge in [-0.3, -0.25) is 4.79 Å². The van der Waals surface area contributed by atoms with E-state index in [1.807, 2.05) is 20.8 Å². The maximum atomic E-state index is 12.2. The number of aryl methyl sites for hydroxylation is 2. The number of carbonyl (C=O) groups excluding carboxylic acids is 1. The molecule has 0 bridgehead atoms. The van der Waals surface area contributed by atoms with Crippen LogP contribution in [-0.4, -0.2) is 40.1 Å². The summed E-state index contributed by atoms with van der Waals surface area (Å²) in [5.74, 6) is 0.0379. The molecular formula is C12H18N2O2. The van der Waals surface area contributed by atoms with Gasteiger partial charge >= 0.3 is 0 Å². The van der Waals surface area contributed by atoms with Gasteiger partial charge in [0.2, 0.25) is 0 Å². The molecule has 2 N–H and O–H groups in total. The number of amides is 1. The highest BCUT2D eigenvalue weighted by Crippen LogP contribution is 2.21. The Morgan fingerprint density at radius 3 is 2.50 bits per heavy atom. The third kappa shape index (κ3) is 1.73. The van der Waals surface area contributed by atoms with E-state index >= 15 is 0 Å². The van der Waals surface area contributed by atoms with Crippen molar-refractivity contribution in [3.8, 4) is 0 Å². The average Bonchev–Trinajstić information content (AvgIpc) is 2.73. The zero-order chi connectivity index (χ0) is 11.9. The van der Waals surface area contributed by atoms with E-state index in [0.29, 0.717) is 19.5 Å². The number of aromatic amines is 1. The summed E-state index contributed by atoms with van der Waals surface area (Å²) in [5.41, 5.74) is 3.75. The van der Waals surface area contributed by atoms with Crippen LogP contribution in [0.2, 0.25) is 0 Å². The predicted molar refractivity (Wildman–Crippen MR) is 61.5 cm³/mol. The molecule has 0 aliphatic carbocycles. The van der Waals surface area contributed by atoms with E-state index in [1.54, 1.807) is 4.90 Å². The van der Waals surface area contributed by atoms with Gasteiger partial charge in [-0.05, 0) is 32.8 Å². The fraction of sp³-hybridized carbons (Fsp3) is 0.583. The number of aromatic nitrogens is 1. The molecule has 1 amide bonds. The number of rotatable bonds is 1. The predicted octanol–water partition coefficient (Wildman–Crippen LogP) is 1.15. The van der Waals surface area contributed by atoms with Crippen LogP contribution in [0.3, 0.4) is 0 Å². The van der Waals surface area contributed by atoms with Crippen LogP contribution in [0.15, 0.2) is 0 Å². The second-order valence-electron chi connectivity index (χ2n) is 4.57. The van der Waals surface area contributed by atoms with E-state index in [2.05, 4.69) is 4.98 Å². The highest BCUT2D eigenvalue weighted by Gasteiger charge is 2.28. The number of aliphatic hydroxyl groups is 1. The number of aliphatic hydroxyl groups excluding tert-OH is 1. The van der Waals surface area contributed by atoms with Crippen molar-refractivity contribution in [2.75, 3.05) is 13.1 Å². The Labute approximate surface area is 95.3 Å². The minimum absolute atomic E-state index is 0.0379. The first-order valence-electron chi connectivity index (χ1n) is 5.63. The molecule has 0 spiro atoms. The fourth-order valence-electron chi connectivity index (χ4n) is 2.31. The molecule has 4 heteroatoms. The second kappa shape index (κ2) is 3.94. The molecule has 0 radical (unpaired) electrons. The molecule has 1 aliphatic heterocycles. The monoisotopic (exact) mass is 222 g/mol. The lowest BCUT2D eigenvalue weighted by Crippen LogP contribution is -2.30. The molecule has 1 atom stereocenters. The summed E-state index contributed by atoms with van der Waals surface area (Å²) < 4.78 is 0. The van der Waals surface area contributed by atoms with Crippen LogP contribution in [0.25, 0.3) is 0 Å². The zero-order valence-electron chi connectivity index (χ0n) is 10.0. The molecule has 1 aromatic heterocycles. The molecule has 0 unspecified atom stereocenters. The lowest BCUT2D eigenvalue weighted by atomic mass is 10.1. The lowest BCUT2D eigenvalue weighted by Gasteiger charge is -2.16. The van der Waals surface area contributed by atoms with Crippen LogP contribution in [0.5, 0.6) is 0 Å². The summed E-state index contributed by atoms with van der Waals surface area (Å²) in [7, 11) is 0. The summed E-state index contributed by atoms with van der Waals surface area (Å²) >= 11 is 0. The van der Waals surface area contributed by atoms with Crippen LogP contribution in [0, 0.1) is 20.8 Å². The molecule has 0 saturated carbocycles. The Morgan fingerprint density at radius 1 is 1.38 bits per heavy atom. The van der Waals surface area contributed by atoms with E-state index in [0.717, 1.165) is 22.5 Å².